The van der Waals surface area contributed by atoms with Crippen LogP contribution in [0, 0.1) is 0 Å². The van der Waals surface area contributed by atoms with E-state index in [1.165, 1.54) is 30.7 Å². The molecule has 29 heavy (non-hydrogen) atoms. The highest BCUT2D eigenvalue weighted by Gasteiger charge is 2.21. The topological polar surface area (TPSA) is 111 Å². The van der Waals surface area contributed by atoms with Crippen LogP contribution in [0.4, 0.5) is 0 Å². The second-order valence-electron chi connectivity index (χ2n) is 7.49. The number of carbonyl (C=O) groups is 2. The molecule has 160 valence electrons. The third-order valence-corrected chi connectivity index (χ3v) is 6.67. The summed E-state index contributed by atoms with van der Waals surface area (Å²) in [6, 6.07) is 5.60. The number of rotatable bonds is 8. The van der Waals surface area contributed by atoms with Crippen molar-refractivity contribution in [3.05, 3.63) is 29.8 Å². The number of nitrogens with one attached hydrogen (secondary N) is 2. The maximum absolute atomic E-state index is 12.3. The average molecular weight is 425 g/mol. The zero-order valence-corrected chi connectivity index (χ0v) is 17.2. The Bertz CT molecular complexity index is 797. The lowest BCUT2D eigenvalue weighted by atomic mass is 9.95. The first-order valence-corrected chi connectivity index (χ1v) is 11.6. The Morgan fingerprint density at radius 3 is 2.41 bits per heavy atom. The number of carbonyl (C=O) groups excluding carboxylic acids is 2. The minimum Gasteiger partial charge on any atom is -0.452 e. The van der Waals surface area contributed by atoms with Gasteiger partial charge < -0.3 is 14.8 Å². The lowest BCUT2D eigenvalue weighted by Gasteiger charge is -2.22. The van der Waals surface area contributed by atoms with Gasteiger partial charge in [-0.15, -0.1) is 0 Å². The first-order valence-electron chi connectivity index (χ1n) is 10.1. The summed E-state index contributed by atoms with van der Waals surface area (Å²) in [5.41, 5.74) is 0.188. The highest BCUT2D eigenvalue weighted by Crippen LogP contribution is 2.17. The fraction of sp³-hybridized carbons (Fsp3) is 0.600. The van der Waals surface area contributed by atoms with Crippen molar-refractivity contribution >= 4 is 21.9 Å². The maximum atomic E-state index is 12.3. The lowest BCUT2D eigenvalue weighted by Crippen LogP contribution is -2.38. The van der Waals surface area contributed by atoms with Crippen LogP contribution in [0.25, 0.3) is 0 Å². The summed E-state index contributed by atoms with van der Waals surface area (Å²) in [7, 11) is -3.68. The molecule has 3 rings (SSSR count). The Morgan fingerprint density at radius 2 is 1.76 bits per heavy atom. The number of amides is 1. The van der Waals surface area contributed by atoms with E-state index < -0.39 is 16.0 Å². The molecule has 0 radical (unpaired) electrons. The van der Waals surface area contributed by atoms with Crippen LogP contribution in [0.5, 0.6) is 0 Å². The summed E-state index contributed by atoms with van der Waals surface area (Å²) in [5, 5.41) is 2.88. The Balaban J connectivity index is 1.46. The van der Waals surface area contributed by atoms with Crippen molar-refractivity contribution in [2.45, 2.75) is 62.0 Å². The van der Waals surface area contributed by atoms with Crippen LogP contribution in [0.1, 0.15) is 55.3 Å². The summed E-state index contributed by atoms with van der Waals surface area (Å²) in [6.45, 7) is 0.530. The summed E-state index contributed by atoms with van der Waals surface area (Å²) >= 11 is 0. The van der Waals surface area contributed by atoms with Crippen LogP contribution in [-0.4, -0.2) is 52.2 Å². The number of sulfonamides is 1. The Kier molecular flexibility index (Phi) is 7.63. The molecule has 1 aliphatic heterocycles. The molecule has 0 aromatic heterocycles. The van der Waals surface area contributed by atoms with Crippen molar-refractivity contribution in [3.63, 3.8) is 0 Å². The van der Waals surface area contributed by atoms with E-state index in [0.717, 1.165) is 38.5 Å². The SMILES string of the molecule is O=C(COC(=O)c1ccc(S(=O)(=O)NC[C@H]2CCCO2)cc1)NC1CCCCC1. The number of ether oxygens (including phenoxy) is 2. The normalized spacial score (nSPS) is 20.3. The molecule has 1 atom stereocenters. The first kappa shape index (κ1) is 21.7. The van der Waals surface area contributed by atoms with Crippen LogP contribution in [0.3, 0.4) is 0 Å². The van der Waals surface area contributed by atoms with Gasteiger partial charge in [0.1, 0.15) is 0 Å². The third kappa shape index (κ3) is 6.52. The number of hydrogen-bond donors (Lipinski definition) is 2. The van der Waals surface area contributed by atoms with Crippen molar-refractivity contribution in [3.8, 4) is 0 Å². The smallest absolute Gasteiger partial charge is 0.338 e. The molecule has 1 heterocycles. The molecule has 2 fully saturated rings. The zero-order valence-electron chi connectivity index (χ0n) is 16.4. The van der Waals surface area contributed by atoms with Crippen LogP contribution in [0.15, 0.2) is 29.2 Å². The molecular formula is C20H28N2O6S. The van der Waals surface area contributed by atoms with Crippen molar-refractivity contribution < 1.29 is 27.5 Å². The maximum Gasteiger partial charge on any atom is 0.338 e. The molecular weight excluding hydrogens is 396 g/mol. The molecule has 1 amide bonds. The van der Waals surface area contributed by atoms with Gasteiger partial charge in [-0.05, 0) is 49.9 Å². The molecule has 1 aromatic carbocycles. The summed E-state index contributed by atoms with van der Waals surface area (Å²) in [5.74, 6) is -0.983. The predicted molar refractivity (Wildman–Crippen MR) is 106 cm³/mol. The number of esters is 1. The molecule has 1 aromatic rings. The largest absolute Gasteiger partial charge is 0.452 e. The van der Waals surface area contributed by atoms with Gasteiger partial charge in [0.25, 0.3) is 5.91 Å². The number of benzene rings is 1. The van der Waals surface area contributed by atoms with Gasteiger partial charge in [-0.1, -0.05) is 19.3 Å². The van der Waals surface area contributed by atoms with E-state index in [-0.39, 0.29) is 41.7 Å². The minimum atomic E-state index is -3.68. The molecule has 0 bridgehead atoms. The minimum absolute atomic E-state index is 0.0575. The van der Waals surface area contributed by atoms with Gasteiger partial charge in [-0.2, -0.15) is 0 Å². The fourth-order valence-corrected chi connectivity index (χ4v) is 4.66. The standard InChI is InChI=1S/C20H28N2O6S/c23-19(22-16-5-2-1-3-6-16)14-28-20(24)15-8-10-18(11-9-15)29(25,26)21-13-17-7-4-12-27-17/h8-11,16-17,21H,1-7,12-14H2,(H,22,23)/t17-/m1/s1. The van der Waals surface area contributed by atoms with E-state index in [0.29, 0.717) is 6.61 Å². The quantitative estimate of drug-likeness (QED) is 0.615. The Morgan fingerprint density at radius 1 is 1.03 bits per heavy atom. The van der Waals surface area contributed by atoms with Gasteiger partial charge in [-0.25, -0.2) is 17.9 Å². The van der Waals surface area contributed by atoms with Crippen molar-refractivity contribution in [1.29, 1.82) is 0 Å². The van der Waals surface area contributed by atoms with Gasteiger partial charge in [0.15, 0.2) is 6.61 Å². The second-order valence-corrected chi connectivity index (χ2v) is 9.26. The summed E-state index contributed by atoms with van der Waals surface area (Å²) in [6.07, 6.45) is 6.97. The van der Waals surface area contributed by atoms with Crippen LogP contribution < -0.4 is 10.0 Å². The molecule has 2 aliphatic rings. The van der Waals surface area contributed by atoms with E-state index in [9.17, 15) is 18.0 Å². The van der Waals surface area contributed by atoms with E-state index in [4.69, 9.17) is 9.47 Å². The summed E-state index contributed by atoms with van der Waals surface area (Å²) in [4.78, 5) is 24.1. The molecule has 1 saturated heterocycles. The van der Waals surface area contributed by atoms with Crippen molar-refractivity contribution in [1.82, 2.24) is 10.0 Å². The van der Waals surface area contributed by atoms with Gasteiger partial charge >= 0.3 is 5.97 Å². The second kappa shape index (κ2) is 10.2. The monoisotopic (exact) mass is 424 g/mol. The van der Waals surface area contributed by atoms with Crippen molar-refractivity contribution in [2.75, 3.05) is 19.8 Å². The van der Waals surface area contributed by atoms with Crippen LogP contribution in [0.2, 0.25) is 0 Å². The summed E-state index contributed by atoms with van der Waals surface area (Å²) < 4.78 is 37.6. The Hall–Kier alpha value is -1.97. The van der Waals surface area contributed by atoms with Gasteiger partial charge in [0, 0.05) is 19.2 Å². The molecule has 0 spiro atoms. The highest BCUT2D eigenvalue weighted by molar-refractivity contribution is 7.89. The Labute approximate surface area is 171 Å². The van der Waals surface area contributed by atoms with Crippen molar-refractivity contribution in [2.24, 2.45) is 0 Å². The third-order valence-electron chi connectivity index (χ3n) is 5.23. The highest BCUT2D eigenvalue weighted by atomic mass is 32.2. The lowest BCUT2D eigenvalue weighted by molar-refractivity contribution is -0.125. The van der Waals surface area contributed by atoms with Crippen LogP contribution in [-0.2, 0) is 24.3 Å². The zero-order chi connectivity index (χ0) is 20.7. The molecule has 8 nitrogen and oxygen atoms in total. The van der Waals surface area contributed by atoms with Gasteiger partial charge in [-0.3, -0.25) is 4.79 Å². The molecule has 9 heteroatoms. The molecule has 0 unspecified atom stereocenters. The first-order chi connectivity index (χ1) is 13.9. The van der Waals surface area contributed by atoms with Crippen LogP contribution >= 0.6 is 0 Å². The predicted octanol–water partition coefficient (Wildman–Crippen LogP) is 1.75. The number of hydrogen-bond acceptors (Lipinski definition) is 6. The molecule has 1 aliphatic carbocycles. The van der Waals surface area contributed by atoms with E-state index >= 15 is 0 Å². The van der Waals surface area contributed by atoms with Gasteiger partial charge in [0.05, 0.1) is 16.6 Å². The van der Waals surface area contributed by atoms with E-state index in [2.05, 4.69) is 10.0 Å². The average Bonchev–Trinajstić information content (AvgIpc) is 3.25. The molecule has 1 saturated carbocycles. The fourth-order valence-electron chi connectivity index (χ4n) is 3.59. The van der Waals surface area contributed by atoms with Gasteiger partial charge in [0.2, 0.25) is 10.0 Å². The molecule has 2 N–H and O–H groups in total. The van der Waals surface area contributed by atoms with E-state index in [1.807, 2.05) is 0 Å². The van der Waals surface area contributed by atoms with E-state index in [1.54, 1.807) is 0 Å².